The van der Waals surface area contributed by atoms with Crippen molar-refractivity contribution in [1.82, 2.24) is 4.90 Å². The first-order valence-electron chi connectivity index (χ1n) is 8.37. The molecule has 1 aliphatic heterocycles. The van der Waals surface area contributed by atoms with Crippen LogP contribution < -0.4 is 9.84 Å². The van der Waals surface area contributed by atoms with Gasteiger partial charge in [0.1, 0.15) is 5.75 Å². The van der Waals surface area contributed by atoms with Crippen molar-refractivity contribution in [3.05, 3.63) is 60.2 Å². The fraction of sp³-hybridized carbons (Fsp3) is 0.211. The number of carbonyl (C=O) groups excluding carboxylic acids is 2. The highest BCUT2D eigenvalue weighted by Crippen LogP contribution is 2.31. The number of aliphatic imine (C=N–C) groups is 1. The van der Waals surface area contributed by atoms with E-state index in [0.29, 0.717) is 5.69 Å². The summed E-state index contributed by atoms with van der Waals surface area (Å²) in [5.74, 6) is -1.93. The number of carbonyl (C=O) groups is 2. The van der Waals surface area contributed by atoms with E-state index in [1.54, 1.807) is 0 Å². The van der Waals surface area contributed by atoms with Crippen LogP contribution >= 0.6 is 23.4 Å². The molecule has 0 radical (unpaired) electrons. The van der Waals surface area contributed by atoms with Crippen molar-refractivity contribution in [2.45, 2.75) is 23.8 Å². The number of aliphatic carboxylic acids is 1. The number of hydrogen-bond acceptors (Lipinski definition) is 6. The summed E-state index contributed by atoms with van der Waals surface area (Å²) in [7, 11) is 0. The van der Waals surface area contributed by atoms with Gasteiger partial charge in [0.05, 0.1) is 23.5 Å². The Morgan fingerprint density at radius 2 is 1.90 bits per heavy atom. The maximum absolute atomic E-state index is 12.7. The zero-order chi connectivity index (χ0) is 21.0. The molecule has 1 atom stereocenters. The lowest BCUT2D eigenvalue weighted by atomic mass is 10.2. The maximum Gasteiger partial charge on any atom is 0.487 e. The third-order valence-electron chi connectivity index (χ3n) is 3.88. The number of rotatable bonds is 6. The number of benzene rings is 2. The molecule has 0 spiro atoms. The SMILES string of the molecule is O=C([O-])[C@@H]1CC(=O)N(Cc2ccccc2)C(=Nc2ccc(OC(F)(F)Cl)cc2)S1. The molecule has 1 saturated heterocycles. The molecule has 152 valence electrons. The van der Waals surface area contributed by atoms with Gasteiger partial charge >= 0.3 is 5.57 Å². The molecule has 1 heterocycles. The molecule has 0 aliphatic carbocycles. The minimum Gasteiger partial charge on any atom is -0.549 e. The Hall–Kier alpha value is -2.65. The fourth-order valence-corrected chi connectivity index (χ4v) is 3.70. The van der Waals surface area contributed by atoms with Gasteiger partial charge in [0, 0.05) is 18.0 Å². The number of hydrogen-bond donors (Lipinski definition) is 0. The van der Waals surface area contributed by atoms with Crippen molar-refractivity contribution in [2.75, 3.05) is 0 Å². The van der Waals surface area contributed by atoms with Gasteiger partial charge in [-0.15, -0.1) is 8.78 Å². The summed E-state index contributed by atoms with van der Waals surface area (Å²) in [5, 5.41) is 10.4. The van der Waals surface area contributed by atoms with Crippen LogP contribution in [0.25, 0.3) is 0 Å². The predicted octanol–water partition coefficient (Wildman–Crippen LogP) is 3.13. The van der Waals surface area contributed by atoms with E-state index < -0.39 is 22.7 Å². The summed E-state index contributed by atoms with van der Waals surface area (Å²) in [5.41, 5.74) is -2.68. The number of carboxylic acids is 1. The Morgan fingerprint density at radius 1 is 1.24 bits per heavy atom. The van der Waals surface area contributed by atoms with Crippen LogP contribution in [0.4, 0.5) is 14.5 Å². The van der Waals surface area contributed by atoms with Gasteiger partial charge in [0.15, 0.2) is 5.17 Å². The van der Waals surface area contributed by atoms with E-state index in [9.17, 15) is 23.5 Å². The lowest BCUT2D eigenvalue weighted by Crippen LogP contribution is -2.47. The molecule has 1 aliphatic rings. The van der Waals surface area contributed by atoms with E-state index >= 15 is 0 Å². The molecule has 0 saturated carbocycles. The monoisotopic (exact) mass is 439 g/mol. The topological polar surface area (TPSA) is 82.0 Å². The first kappa shape index (κ1) is 21.1. The lowest BCUT2D eigenvalue weighted by molar-refractivity contribution is -0.304. The number of amidine groups is 1. The second-order valence-corrected chi connectivity index (χ2v) is 7.64. The molecule has 3 rings (SSSR count). The standard InChI is InChI=1S/C19H15ClF2N2O4S/c20-19(21,22)28-14-8-6-13(7-9-14)23-18-24(11-12-4-2-1-3-5-12)16(25)10-15(29-18)17(26)27/h1-9,15H,10-11H2,(H,26,27)/p-1/t15-/m0/s1. The largest absolute Gasteiger partial charge is 0.549 e. The first-order chi connectivity index (χ1) is 13.7. The Kier molecular flexibility index (Phi) is 6.39. The molecule has 1 amide bonds. The Morgan fingerprint density at radius 3 is 2.48 bits per heavy atom. The van der Waals surface area contributed by atoms with Crippen molar-refractivity contribution in [2.24, 2.45) is 4.99 Å². The van der Waals surface area contributed by atoms with Crippen LogP contribution in [0.2, 0.25) is 0 Å². The second kappa shape index (κ2) is 8.79. The molecule has 0 aromatic heterocycles. The van der Waals surface area contributed by atoms with Crippen LogP contribution in [-0.2, 0) is 16.1 Å². The van der Waals surface area contributed by atoms with Crippen LogP contribution in [0.15, 0.2) is 59.6 Å². The molecule has 0 unspecified atom stereocenters. The van der Waals surface area contributed by atoms with E-state index in [-0.39, 0.29) is 23.9 Å². The van der Waals surface area contributed by atoms with Gasteiger partial charge in [-0.3, -0.25) is 9.69 Å². The lowest BCUT2D eigenvalue weighted by Gasteiger charge is -2.32. The minimum atomic E-state index is -3.84. The van der Waals surface area contributed by atoms with E-state index in [0.717, 1.165) is 17.3 Å². The van der Waals surface area contributed by atoms with Gasteiger partial charge < -0.3 is 14.6 Å². The number of amides is 1. The third-order valence-corrected chi connectivity index (χ3v) is 5.12. The average Bonchev–Trinajstić information content (AvgIpc) is 2.65. The molecule has 1 fully saturated rings. The van der Waals surface area contributed by atoms with Gasteiger partial charge in [0.25, 0.3) is 0 Å². The number of halogens is 3. The number of ether oxygens (including phenoxy) is 1. The summed E-state index contributed by atoms with van der Waals surface area (Å²) in [6, 6.07) is 14.4. The van der Waals surface area contributed by atoms with Crippen LogP contribution in [0.1, 0.15) is 12.0 Å². The summed E-state index contributed by atoms with van der Waals surface area (Å²) in [6.07, 6.45) is -0.212. The van der Waals surface area contributed by atoms with Crippen molar-refractivity contribution in [3.8, 4) is 5.75 Å². The molecule has 29 heavy (non-hydrogen) atoms. The van der Waals surface area contributed by atoms with Crippen LogP contribution in [0.5, 0.6) is 5.75 Å². The predicted molar refractivity (Wildman–Crippen MR) is 103 cm³/mol. The van der Waals surface area contributed by atoms with Gasteiger partial charge in [0.2, 0.25) is 5.91 Å². The van der Waals surface area contributed by atoms with Gasteiger partial charge in [-0.1, -0.05) is 42.1 Å². The van der Waals surface area contributed by atoms with E-state index in [2.05, 4.69) is 9.73 Å². The van der Waals surface area contributed by atoms with Crippen molar-refractivity contribution < 1.29 is 28.2 Å². The van der Waals surface area contributed by atoms with E-state index in [1.165, 1.54) is 29.2 Å². The van der Waals surface area contributed by atoms with Crippen molar-refractivity contribution in [1.29, 1.82) is 0 Å². The minimum absolute atomic E-state index is 0.171. The molecule has 10 heteroatoms. The smallest absolute Gasteiger partial charge is 0.487 e. The highest BCUT2D eigenvalue weighted by molar-refractivity contribution is 8.15. The molecule has 6 nitrogen and oxygen atoms in total. The van der Waals surface area contributed by atoms with E-state index in [1.807, 2.05) is 30.3 Å². The molecular formula is C19H14ClF2N2O4S-. The van der Waals surface area contributed by atoms with Gasteiger partial charge in [-0.05, 0) is 29.8 Å². The van der Waals surface area contributed by atoms with Crippen molar-refractivity contribution >= 4 is 46.1 Å². The Bertz CT molecular complexity index is 920. The third kappa shape index (κ3) is 5.91. The van der Waals surface area contributed by atoms with Crippen LogP contribution in [-0.4, -0.2) is 32.8 Å². The number of carboxylic acid groups (broad SMARTS) is 1. The number of alkyl halides is 3. The molecule has 0 bridgehead atoms. The number of nitrogens with zero attached hydrogens (tertiary/aromatic N) is 2. The molecule has 2 aromatic rings. The summed E-state index contributed by atoms with van der Waals surface area (Å²) < 4.78 is 29.7. The summed E-state index contributed by atoms with van der Waals surface area (Å²) in [6.45, 7) is 0.213. The first-order valence-corrected chi connectivity index (χ1v) is 9.63. The van der Waals surface area contributed by atoms with Crippen LogP contribution in [0.3, 0.4) is 0 Å². The van der Waals surface area contributed by atoms with Crippen LogP contribution in [0, 0.1) is 0 Å². The van der Waals surface area contributed by atoms with Gasteiger partial charge in [-0.2, -0.15) is 0 Å². The Labute approximate surface area is 174 Å². The summed E-state index contributed by atoms with van der Waals surface area (Å²) >= 11 is 5.63. The zero-order valence-electron chi connectivity index (χ0n) is 14.8. The fourth-order valence-electron chi connectivity index (χ4n) is 2.58. The number of thioether (sulfide) groups is 1. The average molecular weight is 440 g/mol. The highest BCUT2D eigenvalue weighted by atomic mass is 35.5. The zero-order valence-corrected chi connectivity index (χ0v) is 16.3. The van der Waals surface area contributed by atoms with Crippen molar-refractivity contribution in [3.63, 3.8) is 0 Å². The molecular weight excluding hydrogens is 426 g/mol. The molecule has 0 N–H and O–H groups in total. The maximum atomic E-state index is 12.7. The quantitative estimate of drug-likeness (QED) is 0.646. The van der Waals surface area contributed by atoms with E-state index in [4.69, 9.17) is 11.6 Å². The Balaban J connectivity index is 1.87. The molecule has 2 aromatic carbocycles. The van der Waals surface area contributed by atoms with Gasteiger partial charge in [-0.25, -0.2) is 4.99 Å². The summed E-state index contributed by atoms with van der Waals surface area (Å²) in [4.78, 5) is 29.5. The highest BCUT2D eigenvalue weighted by Gasteiger charge is 2.33. The normalized spacial score (nSPS) is 18.7. The second-order valence-electron chi connectivity index (χ2n) is 6.03.